The molecule has 0 unspecified atom stereocenters. The van der Waals surface area contributed by atoms with Crippen molar-refractivity contribution in [3.8, 4) is 6.07 Å². The third-order valence-electron chi connectivity index (χ3n) is 4.31. The van der Waals surface area contributed by atoms with E-state index in [4.69, 9.17) is 11.0 Å². The molecule has 3 rings (SSSR count). The summed E-state index contributed by atoms with van der Waals surface area (Å²) in [6.45, 7) is 4.03. The van der Waals surface area contributed by atoms with Crippen LogP contribution in [-0.4, -0.2) is 23.1 Å². The van der Waals surface area contributed by atoms with E-state index in [-0.39, 0.29) is 0 Å². The monoisotopic (exact) mass is 293 g/mol. The number of rotatable bonds is 2. The maximum absolute atomic E-state index is 8.83. The van der Waals surface area contributed by atoms with E-state index in [1.807, 2.05) is 24.4 Å². The first-order valence-electron chi connectivity index (χ1n) is 7.50. The van der Waals surface area contributed by atoms with E-state index in [9.17, 15) is 0 Å². The highest BCUT2D eigenvalue weighted by Gasteiger charge is 2.22. The number of nitrogen functional groups attached to an aromatic ring is 1. The van der Waals surface area contributed by atoms with E-state index < -0.39 is 0 Å². The molecule has 1 aliphatic heterocycles. The molecule has 1 fully saturated rings. The summed E-state index contributed by atoms with van der Waals surface area (Å²) in [6.07, 6.45) is 5.71. The molecule has 0 saturated carbocycles. The van der Waals surface area contributed by atoms with Crippen LogP contribution in [0.4, 0.5) is 11.6 Å². The first kappa shape index (κ1) is 14.3. The molecule has 2 aromatic rings. The Bertz CT molecular complexity index is 694. The van der Waals surface area contributed by atoms with Gasteiger partial charge in [-0.15, -0.1) is 0 Å². The molecule has 1 saturated heterocycles. The number of hydrogen-bond donors (Lipinski definition) is 1. The van der Waals surface area contributed by atoms with Crippen molar-refractivity contribution in [3.05, 3.63) is 47.3 Å². The maximum Gasteiger partial charge on any atom is 0.128 e. The molecule has 112 valence electrons. The second-order valence-electron chi connectivity index (χ2n) is 5.74. The number of anilines is 2. The minimum atomic E-state index is 0.530. The fourth-order valence-corrected chi connectivity index (χ4v) is 3.07. The lowest BCUT2D eigenvalue weighted by atomic mass is 9.88. The molecule has 5 heteroatoms. The number of piperidine rings is 1. The number of aryl methyl sites for hydroxylation is 1. The maximum atomic E-state index is 8.83. The van der Waals surface area contributed by atoms with Crippen molar-refractivity contribution in [3.63, 3.8) is 0 Å². The van der Waals surface area contributed by atoms with Gasteiger partial charge in [0, 0.05) is 25.5 Å². The van der Waals surface area contributed by atoms with Gasteiger partial charge in [0.15, 0.2) is 0 Å². The van der Waals surface area contributed by atoms with E-state index in [1.165, 1.54) is 11.1 Å². The van der Waals surface area contributed by atoms with Gasteiger partial charge in [-0.25, -0.2) is 9.97 Å². The molecule has 0 amide bonds. The van der Waals surface area contributed by atoms with E-state index in [1.54, 1.807) is 6.20 Å². The predicted octanol–water partition coefficient (Wildman–Crippen LogP) is 2.62. The highest BCUT2D eigenvalue weighted by molar-refractivity contribution is 5.43. The zero-order valence-electron chi connectivity index (χ0n) is 12.7. The lowest BCUT2D eigenvalue weighted by molar-refractivity contribution is 0.500. The molecule has 22 heavy (non-hydrogen) atoms. The summed E-state index contributed by atoms with van der Waals surface area (Å²) in [5, 5.41) is 8.83. The van der Waals surface area contributed by atoms with Crippen LogP contribution in [0.3, 0.4) is 0 Å². The Labute approximate surface area is 130 Å². The summed E-state index contributed by atoms with van der Waals surface area (Å²) in [5.74, 6) is 2.06. The van der Waals surface area contributed by atoms with Crippen molar-refractivity contribution in [1.29, 1.82) is 5.26 Å². The summed E-state index contributed by atoms with van der Waals surface area (Å²) in [7, 11) is 0. The second-order valence-corrected chi connectivity index (χ2v) is 5.74. The average Bonchev–Trinajstić information content (AvgIpc) is 2.55. The largest absolute Gasteiger partial charge is 0.384 e. The Kier molecular flexibility index (Phi) is 3.92. The van der Waals surface area contributed by atoms with Crippen LogP contribution in [0.2, 0.25) is 0 Å². The van der Waals surface area contributed by atoms with Gasteiger partial charge >= 0.3 is 0 Å². The molecular weight excluding hydrogens is 274 g/mol. The molecule has 0 aliphatic carbocycles. The Morgan fingerprint density at radius 1 is 1.23 bits per heavy atom. The number of pyridine rings is 2. The summed E-state index contributed by atoms with van der Waals surface area (Å²) in [5.41, 5.74) is 8.86. The van der Waals surface area contributed by atoms with Gasteiger partial charge in [-0.1, -0.05) is 0 Å². The van der Waals surface area contributed by atoms with Gasteiger partial charge in [0.05, 0.1) is 5.56 Å². The van der Waals surface area contributed by atoms with Crippen molar-refractivity contribution < 1.29 is 0 Å². The van der Waals surface area contributed by atoms with Crippen molar-refractivity contribution in [2.24, 2.45) is 0 Å². The van der Waals surface area contributed by atoms with Crippen molar-refractivity contribution >= 4 is 11.6 Å². The topological polar surface area (TPSA) is 78.8 Å². The number of aromatic nitrogens is 2. The smallest absolute Gasteiger partial charge is 0.128 e. The molecule has 0 radical (unpaired) electrons. The lowest BCUT2D eigenvalue weighted by Crippen LogP contribution is -2.33. The third kappa shape index (κ3) is 2.86. The molecule has 0 bridgehead atoms. The van der Waals surface area contributed by atoms with Crippen LogP contribution in [0.1, 0.15) is 35.4 Å². The quantitative estimate of drug-likeness (QED) is 0.920. The minimum absolute atomic E-state index is 0.530. The van der Waals surface area contributed by atoms with Crippen LogP contribution in [-0.2, 0) is 0 Å². The number of nitrogens with two attached hydrogens (primary N) is 1. The number of nitriles is 1. The molecular formula is C17H19N5. The van der Waals surface area contributed by atoms with Crippen LogP contribution in [0, 0.1) is 18.3 Å². The van der Waals surface area contributed by atoms with Crippen LogP contribution >= 0.6 is 0 Å². The lowest BCUT2D eigenvalue weighted by Gasteiger charge is -2.33. The molecule has 0 aromatic carbocycles. The molecule has 2 N–H and O–H groups in total. The third-order valence-corrected chi connectivity index (χ3v) is 4.31. The Morgan fingerprint density at radius 2 is 2.00 bits per heavy atom. The van der Waals surface area contributed by atoms with Gasteiger partial charge in [0.2, 0.25) is 0 Å². The van der Waals surface area contributed by atoms with Gasteiger partial charge in [0.25, 0.3) is 0 Å². The standard InChI is InChI=1S/C17H19N5/c1-12-8-16(19)20-11-15(12)14-4-6-22(7-5-14)17-3-2-13(9-18)10-21-17/h2-3,8,10-11,14H,4-7H2,1H3,(H2,19,20). The Hall–Kier alpha value is -2.61. The fraction of sp³-hybridized carbons (Fsp3) is 0.353. The average molecular weight is 293 g/mol. The Morgan fingerprint density at radius 3 is 2.59 bits per heavy atom. The van der Waals surface area contributed by atoms with Crippen LogP contribution < -0.4 is 10.6 Å². The van der Waals surface area contributed by atoms with E-state index in [0.29, 0.717) is 17.3 Å². The molecule has 2 aromatic heterocycles. The van der Waals surface area contributed by atoms with Crippen LogP contribution in [0.15, 0.2) is 30.6 Å². The van der Waals surface area contributed by atoms with E-state index in [0.717, 1.165) is 31.7 Å². The highest BCUT2D eigenvalue weighted by atomic mass is 15.2. The van der Waals surface area contributed by atoms with Gasteiger partial charge in [0.1, 0.15) is 17.7 Å². The minimum Gasteiger partial charge on any atom is -0.384 e. The van der Waals surface area contributed by atoms with Crippen molar-refractivity contribution in [2.45, 2.75) is 25.7 Å². The summed E-state index contributed by atoms with van der Waals surface area (Å²) >= 11 is 0. The molecule has 0 atom stereocenters. The zero-order chi connectivity index (χ0) is 15.5. The second kappa shape index (κ2) is 6.02. The highest BCUT2D eigenvalue weighted by Crippen LogP contribution is 2.31. The van der Waals surface area contributed by atoms with Gasteiger partial charge in [-0.3, -0.25) is 0 Å². The van der Waals surface area contributed by atoms with Crippen LogP contribution in [0.5, 0.6) is 0 Å². The van der Waals surface area contributed by atoms with Gasteiger partial charge in [-0.2, -0.15) is 5.26 Å². The molecule has 3 heterocycles. The molecule has 1 aliphatic rings. The fourth-order valence-electron chi connectivity index (χ4n) is 3.07. The first-order valence-corrected chi connectivity index (χ1v) is 7.50. The van der Waals surface area contributed by atoms with Crippen molar-refractivity contribution in [2.75, 3.05) is 23.7 Å². The predicted molar refractivity (Wildman–Crippen MR) is 86.5 cm³/mol. The first-order chi connectivity index (χ1) is 10.7. The number of hydrogen-bond acceptors (Lipinski definition) is 5. The van der Waals surface area contributed by atoms with E-state index in [2.05, 4.69) is 27.9 Å². The van der Waals surface area contributed by atoms with E-state index >= 15 is 0 Å². The van der Waals surface area contributed by atoms with Crippen LogP contribution in [0.25, 0.3) is 0 Å². The normalized spacial score (nSPS) is 15.5. The molecule has 5 nitrogen and oxygen atoms in total. The number of nitrogens with zero attached hydrogens (tertiary/aromatic N) is 4. The summed E-state index contributed by atoms with van der Waals surface area (Å²) < 4.78 is 0. The Balaban J connectivity index is 1.68. The van der Waals surface area contributed by atoms with Crippen molar-refractivity contribution in [1.82, 2.24) is 9.97 Å². The summed E-state index contributed by atoms with van der Waals surface area (Å²) in [4.78, 5) is 10.9. The van der Waals surface area contributed by atoms with Gasteiger partial charge in [-0.05, 0) is 55.0 Å². The zero-order valence-corrected chi connectivity index (χ0v) is 12.7. The molecule has 0 spiro atoms. The SMILES string of the molecule is Cc1cc(N)ncc1C1CCN(c2ccc(C#N)cn2)CC1. The summed E-state index contributed by atoms with van der Waals surface area (Å²) in [6, 6.07) is 7.79. The van der Waals surface area contributed by atoms with Gasteiger partial charge < -0.3 is 10.6 Å².